The molecule has 0 unspecified atom stereocenters. The highest BCUT2D eigenvalue weighted by Crippen LogP contribution is 2.31. The number of halogens is 2. The van der Waals surface area contributed by atoms with E-state index in [0.29, 0.717) is 26.3 Å². The van der Waals surface area contributed by atoms with Gasteiger partial charge in [0.15, 0.2) is 0 Å². The van der Waals surface area contributed by atoms with Crippen LogP contribution in [-0.4, -0.2) is 8.42 Å². The van der Waals surface area contributed by atoms with Crippen LogP contribution in [0.4, 0.5) is 5.69 Å². The van der Waals surface area contributed by atoms with Gasteiger partial charge < -0.3 is 0 Å². The van der Waals surface area contributed by atoms with Crippen LogP contribution in [0.15, 0.2) is 45.8 Å². The second-order valence-electron chi connectivity index (χ2n) is 4.30. The van der Waals surface area contributed by atoms with Crippen LogP contribution in [0.2, 0.25) is 5.02 Å². The van der Waals surface area contributed by atoms with E-state index in [2.05, 4.69) is 20.7 Å². The average molecular weight is 386 g/mol. The zero-order valence-electron chi connectivity index (χ0n) is 10.9. The number of nitrogens with zero attached hydrogens (tertiary/aromatic N) is 1. The molecule has 0 bridgehead atoms. The number of nitrogens with one attached hydrogen (secondary N) is 1. The van der Waals surface area contributed by atoms with Gasteiger partial charge in [-0.2, -0.15) is 5.26 Å². The van der Waals surface area contributed by atoms with E-state index in [1.807, 2.05) is 6.07 Å². The summed E-state index contributed by atoms with van der Waals surface area (Å²) in [5, 5.41) is 9.29. The molecular formula is C14H10BrClN2O2S. The van der Waals surface area contributed by atoms with Crippen LogP contribution in [0.25, 0.3) is 0 Å². The van der Waals surface area contributed by atoms with Crippen LogP contribution in [0, 0.1) is 18.3 Å². The standard InChI is InChI=1S/C14H10BrClN2O2S/c1-9-7-11(6-5-10(9)8-17)21(19,20)18-13-4-2-3-12(16)14(13)15/h2-7,18H,1H3. The molecule has 0 saturated heterocycles. The molecular weight excluding hydrogens is 376 g/mol. The van der Waals surface area contributed by atoms with Gasteiger partial charge in [-0.25, -0.2) is 8.42 Å². The first-order chi connectivity index (χ1) is 9.85. The van der Waals surface area contributed by atoms with E-state index >= 15 is 0 Å². The number of nitriles is 1. The molecule has 1 N–H and O–H groups in total. The second-order valence-corrected chi connectivity index (χ2v) is 7.18. The first-order valence-electron chi connectivity index (χ1n) is 5.83. The van der Waals surface area contributed by atoms with E-state index in [4.69, 9.17) is 16.9 Å². The molecule has 0 spiro atoms. The van der Waals surface area contributed by atoms with E-state index < -0.39 is 10.0 Å². The number of anilines is 1. The predicted octanol–water partition coefficient (Wildman–Crippen LogP) is 4.08. The summed E-state index contributed by atoms with van der Waals surface area (Å²) in [6.45, 7) is 1.69. The number of hydrogen-bond donors (Lipinski definition) is 1. The van der Waals surface area contributed by atoms with Crippen LogP contribution in [0.3, 0.4) is 0 Å². The molecule has 0 aliphatic carbocycles. The van der Waals surface area contributed by atoms with Crippen LogP contribution in [0.1, 0.15) is 11.1 Å². The van der Waals surface area contributed by atoms with E-state index in [0.717, 1.165) is 0 Å². The molecule has 0 atom stereocenters. The van der Waals surface area contributed by atoms with Crippen molar-refractivity contribution in [2.75, 3.05) is 4.72 Å². The lowest BCUT2D eigenvalue weighted by molar-refractivity contribution is 0.601. The van der Waals surface area contributed by atoms with Gasteiger partial charge in [-0.05, 0) is 58.7 Å². The largest absolute Gasteiger partial charge is 0.278 e. The van der Waals surface area contributed by atoms with Gasteiger partial charge in [-0.15, -0.1) is 0 Å². The Labute approximate surface area is 136 Å². The van der Waals surface area contributed by atoms with Gasteiger partial charge in [0.2, 0.25) is 0 Å². The summed E-state index contributed by atoms with van der Waals surface area (Å²) in [6, 6.07) is 11.2. The van der Waals surface area contributed by atoms with Crippen molar-refractivity contribution in [2.45, 2.75) is 11.8 Å². The van der Waals surface area contributed by atoms with Crippen molar-refractivity contribution in [1.82, 2.24) is 0 Å². The van der Waals surface area contributed by atoms with Crippen molar-refractivity contribution >= 4 is 43.2 Å². The summed E-state index contributed by atoms with van der Waals surface area (Å²) < 4.78 is 27.7. The fourth-order valence-corrected chi connectivity index (χ4v) is 3.54. The van der Waals surface area contributed by atoms with E-state index in [1.165, 1.54) is 18.2 Å². The fraction of sp³-hybridized carbons (Fsp3) is 0.0714. The van der Waals surface area contributed by atoms with Crippen molar-refractivity contribution in [3.63, 3.8) is 0 Å². The molecule has 0 heterocycles. The van der Waals surface area contributed by atoms with Gasteiger partial charge >= 0.3 is 0 Å². The summed E-state index contributed by atoms with van der Waals surface area (Å²) >= 11 is 9.18. The lowest BCUT2D eigenvalue weighted by atomic mass is 10.1. The molecule has 0 amide bonds. The van der Waals surface area contributed by atoms with Gasteiger partial charge in [0.25, 0.3) is 10.0 Å². The molecule has 108 valence electrons. The third-order valence-corrected chi connectivity index (χ3v) is 5.59. The average Bonchev–Trinajstić information content (AvgIpc) is 2.43. The third kappa shape index (κ3) is 3.38. The minimum Gasteiger partial charge on any atom is -0.278 e. The molecule has 0 radical (unpaired) electrons. The van der Waals surface area contributed by atoms with Crippen molar-refractivity contribution in [3.8, 4) is 6.07 Å². The van der Waals surface area contributed by atoms with Crippen LogP contribution < -0.4 is 4.72 Å². The molecule has 2 aromatic carbocycles. The Kier molecular flexibility index (Phi) is 4.57. The Hall–Kier alpha value is -1.55. The minimum atomic E-state index is -3.75. The third-order valence-electron chi connectivity index (χ3n) is 2.82. The molecule has 0 aromatic heterocycles. The van der Waals surface area contributed by atoms with Gasteiger partial charge in [-0.1, -0.05) is 17.7 Å². The van der Waals surface area contributed by atoms with Gasteiger partial charge in [0.05, 0.1) is 31.7 Å². The summed E-state index contributed by atoms with van der Waals surface area (Å²) in [4.78, 5) is 0.0888. The zero-order chi connectivity index (χ0) is 15.6. The topological polar surface area (TPSA) is 70.0 Å². The van der Waals surface area contributed by atoms with Crippen LogP contribution in [-0.2, 0) is 10.0 Å². The zero-order valence-corrected chi connectivity index (χ0v) is 14.1. The fourth-order valence-electron chi connectivity index (χ4n) is 1.72. The number of rotatable bonds is 3. The lowest BCUT2D eigenvalue weighted by Gasteiger charge is -2.11. The molecule has 2 aromatic rings. The van der Waals surface area contributed by atoms with Crippen molar-refractivity contribution in [1.29, 1.82) is 5.26 Å². The predicted molar refractivity (Wildman–Crippen MR) is 85.9 cm³/mol. The molecule has 2 rings (SSSR count). The highest BCUT2D eigenvalue weighted by atomic mass is 79.9. The van der Waals surface area contributed by atoms with Crippen LogP contribution in [0.5, 0.6) is 0 Å². The SMILES string of the molecule is Cc1cc(S(=O)(=O)Nc2cccc(Cl)c2Br)ccc1C#N. The molecule has 0 aliphatic heterocycles. The smallest absolute Gasteiger partial charge is 0.261 e. The van der Waals surface area contributed by atoms with E-state index in [1.54, 1.807) is 25.1 Å². The lowest BCUT2D eigenvalue weighted by Crippen LogP contribution is -2.13. The Morgan fingerprint density at radius 3 is 2.62 bits per heavy atom. The monoisotopic (exact) mass is 384 g/mol. The van der Waals surface area contributed by atoms with Gasteiger partial charge in [0.1, 0.15) is 0 Å². The Balaban J connectivity index is 2.41. The molecule has 0 fully saturated rings. The Morgan fingerprint density at radius 1 is 1.29 bits per heavy atom. The van der Waals surface area contributed by atoms with Gasteiger partial charge in [0, 0.05) is 0 Å². The quantitative estimate of drug-likeness (QED) is 0.865. The molecule has 0 aliphatic rings. The summed E-state index contributed by atoms with van der Waals surface area (Å²) in [6.07, 6.45) is 0. The Bertz CT molecular complexity index is 845. The Morgan fingerprint density at radius 2 is 2.00 bits per heavy atom. The normalized spacial score (nSPS) is 11.0. The maximum absolute atomic E-state index is 12.4. The first-order valence-corrected chi connectivity index (χ1v) is 8.48. The second kappa shape index (κ2) is 6.06. The number of benzene rings is 2. The molecule has 7 heteroatoms. The van der Waals surface area contributed by atoms with E-state index in [-0.39, 0.29) is 4.90 Å². The van der Waals surface area contributed by atoms with E-state index in [9.17, 15) is 8.42 Å². The maximum atomic E-state index is 12.4. The number of hydrogen-bond acceptors (Lipinski definition) is 3. The van der Waals surface area contributed by atoms with Gasteiger partial charge in [-0.3, -0.25) is 4.72 Å². The first kappa shape index (κ1) is 15.8. The number of sulfonamides is 1. The highest BCUT2D eigenvalue weighted by Gasteiger charge is 2.17. The molecule has 4 nitrogen and oxygen atoms in total. The van der Waals surface area contributed by atoms with Crippen molar-refractivity contribution in [2.24, 2.45) is 0 Å². The van der Waals surface area contributed by atoms with Crippen molar-refractivity contribution < 1.29 is 8.42 Å². The summed E-state index contributed by atoms with van der Waals surface area (Å²) in [5.41, 5.74) is 1.40. The minimum absolute atomic E-state index is 0.0888. The maximum Gasteiger partial charge on any atom is 0.261 e. The summed E-state index contributed by atoms with van der Waals surface area (Å²) in [5.74, 6) is 0. The summed E-state index contributed by atoms with van der Waals surface area (Å²) in [7, 11) is -3.75. The molecule has 0 saturated carbocycles. The molecule has 21 heavy (non-hydrogen) atoms. The number of aryl methyl sites for hydroxylation is 1. The van der Waals surface area contributed by atoms with Crippen molar-refractivity contribution in [3.05, 3.63) is 57.0 Å². The van der Waals surface area contributed by atoms with Crippen LogP contribution >= 0.6 is 27.5 Å². The highest BCUT2D eigenvalue weighted by molar-refractivity contribution is 9.10.